The largest absolute Gasteiger partial charge is 0.375 e. The molecule has 0 unspecified atom stereocenters. The Labute approximate surface area is 107 Å². The summed E-state index contributed by atoms with van der Waals surface area (Å²) in [7, 11) is 0. The number of para-hydroxylation sites is 1. The van der Waals surface area contributed by atoms with E-state index in [1.807, 2.05) is 0 Å². The molecule has 0 saturated heterocycles. The van der Waals surface area contributed by atoms with E-state index in [9.17, 15) is 18.0 Å². The summed E-state index contributed by atoms with van der Waals surface area (Å²) < 4.78 is 38.9. The second-order valence-corrected chi connectivity index (χ2v) is 3.89. The standard InChI is InChI=1S/C14H10F3NO/c15-10-6-5-9(7-12(10)17)14(19)8-18-13-4-2-1-3-11(13)16/h1-7,18H,8H2. The first-order valence-corrected chi connectivity index (χ1v) is 5.54. The zero-order chi connectivity index (χ0) is 13.8. The third-order valence-electron chi connectivity index (χ3n) is 2.55. The van der Waals surface area contributed by atoms with Gasteiger partial charge in [-0.2, -0.15) is 0 Å². The molecule has 0 amide bonds. The molecular weight excluding hydrogens is 255 g/mol. The lowest BCUT2D eigenvalue weighted by Gasteiger charge is -2.06. The quantitative estimate of drug-likeness (QED) is 0.858. The Hall–Kier alpha value is -2.30. The van der Waals surface area contributed by atoms with Crippen LogP contribution in [0.1, 0.15) is 10.4 Å². The number of halogens is 3. The third kappa shape index (κ3) is 3.13. The summed E-state index contributed by atoms with van der Waals surface area (Å²) in [5, 5.41) is 2.60. The van der Waals surface area contributed by atoms with Gasteiger partial charge in [-0.25, -0.2) is 13.2 Å². The van der Waals surface area contributed by atoms with Crippen molar-refractivity contribution in [2.75, 3.05) is 11.9 Å². The average Bonchev–Trinajstić information content (AvgIpc) is 2.40. The molecule has 0 fully saturated rings. The molecule has 2 aromatic rings. The minimum Gasteiger partial charge on any atom is -0.375 e. The fraction of sp³-hybridized carbons (Fsp3) is 0.0714. The van der Waals surface area contributed by atoms with Crippen molar-refractivity contribution in [2.24, 2.45) is 0 Å². The summed E-state index contributed by atoms with van der Waals surface area (Å²) in [5.74, 6) is -3.04. The van der Waals surface area contributed by atoms with Crippen LogP contribution in [-0.2, 0) is 0 Å². The summed E-state index contributed by atoms with van der Waals surface area (Å²) in [6.07, 6.45) is 0. The second-order valence-electron chi connectivity index (χ2n) is 3.89. The van der Waals surface area contributed by atoms with Crippen LogP contribution in [0.5, 0.6) is 0 Å². The van der Waals surface area contributed by atoms with Crippen molar-refractivity contribution in [1.29, 1.82) is 0 Å². The minimum absolute atomic E-state index is 0.0303. The Morgan fingerprint density at radius 3 is 2.37 bits per heavy atom. The van der Waals surface area contributed by atoms with Gasteiger partial charge in [-0.1, -0.05) is 12.1 Å². The van der Waals surface area contributed by atoms with Gasteiger partial charge in [0.15, 0.2) is 17.4 Å². The number of anilines is 1. The van der Waals surface area contributed by atoms with E-state index in [-0.39, 0.29) is 17.8 Å². The summed E-state index contributed by atoms with van der Waals surface area (Å²) in [4.78, 5) is 11.7. The first-order valence-electron chi connectivity index (χ1n) is 5.54. The Morgan fingerprint density at radius 1 is 0.947 bits per heavy atom. The normalized spacial score (nSPS) is 10.3. The van der Waals surface area contributed by atoms with E-state index in [0.717, 1.165) is 12.1 Å². The molecule has 0 saturated carbocycles. The Morgan fingerprint density at radius 2 is 1.68 bits per heavy atom. The highest BCUT2D eigenvalue weighted by Gasteiger charge is 2.10. The summed E-state index contributed by atoms with van der Waals surface area (Å²) in [5.41, 5.74) is 0.209. The number of nitrogens with one attached hydrogen (secondary N) is 1. The van der Waals surface area contributed by atoms with Crippen molar-refractivity contribution in [2.45, 2.75) is 0 Å². The zero-order valence-electron chi connectivity index (χ0n) is 9.79. The van der Waals surface area contributed by atoms with Gasteiger partial charge in [-0.05, 0) is 30.3 Å². The third-order valence-corrected chi connectivity index (χ3v) is 2.55. The van der Waals surface area contributed by atoms with E-state index in [2.05, 4.69) is 5.32 Å². The maximum atomic E-state index is 13.3. The molecule has 0 spiro atoms. The van der Waals surface area contributed by atoms with Gasteiger partial charge in [0, 0.05) is 5.56 Å². The molecule has 0 atom stereocenters. The van der Waals surface area contributed by atoms with Crippen molar-refractivity contribution in [1.82, 2.24) is 0 Å². The summed E-state index contributed by atoms with van der Waals surface area (Å²) in [6.45, 7) is -0.202. The zero-order valence-corrected chi connectivity index (χ0v) is 9.79. The van der Waals surface area contributed by atoms with Crippen LogP contribution in [0.3, 0.4) is 0 Å². The van der Waals surface area contributed by atoms with Crippen LogP contribution < -0.4 is 5.32 Å². The van der Waals surface area contributed by atoms with Crippen LogP contribution in [0.15, 0.2) is 42.5 Å². The number of ketones is 1. The van der Waals surface area contributed by atoms with Crippen molar-refractivity contribution in [3.05, 3.63) is 65.5 Å². The van der Waals surface area contributed by atoms with Crippen molar-refractivity contribution >= 4 is 11.5 Å². The lowest BCUT2D eigenvalue weighted by atomic mass is 10.1. The molecule has 0 bridgehead atoms. The van der Waals surface area contributed by atoms with Gasteiger partial charge < -0.3 is 5.32 Å². The molecular formula is C14H10F3NO. The number of hydrogen-bond acceptors (Lipinski definition) is 2. The Kier molecular flexibility index (Phi) is 3.85. The van der Waals surface area contributed by atoms with E-state index in [4.69, 9.17) is 0 Å². The van der Waals surface area contributed by atoms with E-state index in [0.29, 0.717) is 0 Å². The Bertz CT molecular complexity index is 613. The molecule has 2 rings (SSSR count). The number of carbonyl (C=O) groups is 1. The van der Waals surface area contributed by atoms with Gasteiger partial charge in [-0.3, -0.25) is 4.79 Å². The fourth-order valence-electron chi connectivity index (χ4n) is 1.55. The van der Waals surface area contributed by atoms with E-state index >= 15 is 0 Å². The minimum atomic E-state index is -1.09. The maximum absolute atomic E-state index is 13.3. The van der Waals surface area contributed by atoms with Gasteiger partial charge in [0.05, 0.1) is 12.2 Å². The van der Waals surface area contributed by atoms with Gasteiger partial charge in [0.1, 0.15) is 5.82 Å². The number of Topliss-reactive ketones (excluding diaryl/α,β-unsaturated/α-hetero) is 1. The van der Waals surface area contributed by atoms with Crippen LogP contribution in [0.2, 0.25) is 0 Å². The van der Waals surface area contributed by atoms with Crippen molar-refractivity contribution < 1.29 is 18.0 Å². The topological polar surface area (TPSA) is 29.1 Å². The lowest BCUT2D eigenvalue weighted by molar-refractivity contribution is 0.101. The van der Waals surface area contributed by atoms with E-state index < -0.39 is 23.2 Å². The van der Waals surface area contributed by atoms with Crippen LogP contribution >= 0.6 is 0 Å². The Balaban J connectivity index is 2.05. The van der Waals surface area contributed by atoms with Gasteiger partial charge in [0.25, 0.3) is 0 Å². The molecule has 19 heavy (non-hydrogen) atoms. The molecule has 2 nitrogen and oxygen atoms in total. The van der Waals surface area contributed by atoms with E-state index in [1.165, 1.54) is 24.3 Å². The number of rotatable bonds is 4. The molecule has 0 heterocycles. The highest BCUT2D eigenvalue weighted by molar-refractivity contribution is 5.98. The molecule has 5 heteroatoms. The van der Waals surface area contributed by atoms with Crippen LogP contribution in [-0.4, -0.2) is 12.3 Å². The van der Waals surface area contributed by atoms with Gasteiger partial charge in [-0.15, -0.1) is 0 Å². The van der Waals surface area contributed by atoms with Gasteiger partial charge >= 0.3 is 0 Å². The molecule has 1 N–H and O–H groups in total. The predicted molar refractivity (Wildman–Crippen MR) is 65.6 cm³/mol. The average molecular weight is 265 g/mol. The SMILES string of the molecule is O=C(CNc1ccccc1F)c1ccc(F)c(F)c1. The molecule has 2 aromatic carbocycles. The first-order chi connectivity index (χ1) is 9.08. The molecule has 0 aliphatic rings. The van der Waals surface area contributed by atoms with Crippen molar-refractivity contribution in [3.8, 4) is 0 Å². The van der Waals surface area contributed by atoms with E-state index in [1.54, 1.807) is 6.07 Å². The first kappa shape index (κ1) is 13.1. The van der Waals surface area contributed by atoms with Crippen LogP contribution in [0.25, 0.3) is 0 Å². The molecule has 0 aromatic heterocycles. The van der Waals surface area contributed by atoms with Crippen molar-refractivity contribution in [3.63, 3.8) is 0 Å². The maximum Gasteiger partial charge on any atom is 0.181 e. The summed E-state index contributed by atoms with van der Waals surface area (Å²) in [6, 6.07) is 8.76. The molecule has 0 aliphatic carbocycles. The van der Waals surface area contributed by atoms with Gasteiger partial charge in [0.2, 0.25) is 0 Å². The smallest absolute Gasteiger partial charge is 0.181 e. The number of hydrogen-bond donors (Lipinski definition) is 1. The lowest BCUT2D eigenvalue weighted by Crippen LogP contribution is -2.15. The summed E-state index contributed by atoms with van der Waals surface area (Å²) >= 11 is 0. The fourth-order valence-corrected chi connectivity index (χ4v) is 1.55. The number of benzene rings is 2. The predicted octanol–water partition coefficient (Wildman–Crippen LogP) is 3.40. The van der Waals surface area contributed by atoms with Crippen LogP contribution in [0.4, 0.5) is 18.9 Å². The molecule has 0 radical (unpaired) electrons. The van der Waals surface area contributed by atoms with Crippen LogP contribution in [0, 0.1) is 17.5 Å². The molecule has 98 valence electrons. The number of carbonyl (C=O) groups excluding carboxylic acids is 1. The highest BCUT2D eigenvalue weighted by Crippen LogP contribution is 2.13. The highest BCUT2D eigenvalue weighted by atomic mass is 19.2. The molecule has 0 aliphatic heterocycles. The monoisotopic (exact) mass is 265 g/mol. The second kappa shape index (κ2) is 5.56.